The van der Waals surface area contributed by atoms with E-state index < -0.39 is 5.60 Å². The number of para-hydroxylation sites is 2. The lowest BCUT2D eigenvalue weighted by Gasteiger charge is -2.36. The third-order valence-electron chi connectivity index (χ3n) is 4.52. The molecule has 3 aromatic carbocycles. The van der Waals surface area contributed by atoms with Crippen molar-refractivity contribution in [3.63, 3.8) is 0 Å². The molecular weight excluding hydrogens is 416 g/mol. The van der Waals surface area contributed by atoms with E-state index in [0.29, 0.717) is 5.56 Å². The second-order valence-corrected chi connectivity index (χ2v) is 5.71. The molecule has 0 radical (unpaired) electrons. The first-order chi connectivity index (χ1) is 16.3. The average Bonchev–Trinajstić information content (AvgIpc) is 3.23. The summed E-state index contributed by atoms with van der Waals surface area (Å²) in [4.78, 5) is 12.5. The molecule has 0 unspecified atom stereocenters. The molecule has 2 N–H and O–H groups in total. The molecule has 0 fully saturated rings. The summed E-state index contributed by atoms with van der Waals surface area (Å²) in [6.45, 7) is 12.0. The van der Waals surface area contributed by atoms with Gasteiger partial charge in [-0.05, 0) is 18.2 Å². The maximum atomic E-state index is 12.5. The molecule has 5 rings (SSSR count). The van der Waals surface area contributed by atoms with Gasteiger partial charge in [0.2, 0.25) is 0 Å². The van der Waals surface area contributed by atoms with Gasteiger partial charge in [-0.1, -0.05) is 96.1 Å². The normalized spacial score (nSPS) is 12.1. The summed E-state index contributed by atoms with van der Waals surface area (Å²) in [5.74, 6) is 1.14. The van der Waals surface area contributed by atoms with E-state index in [2.05, 4.69) is 0 Å². The molecule has 3 aromatic rings. The van der Waals surface area contributed by atoms with Crippen LogP contribution in [0.5, 0.6) is 11.5 Å². The molecule has 0 saturated heterocycles. The third-order valence-corrected chi connectivity index (χ3v) is 4.52. The van der Waals surface area contributed by atoms with Crippen LogP contribution in [0.1, 0.15) is 68.6 Å². The van der Waals surface area contributed by atoms with Crippen LogP contribution in [0.2, 0.25) is 0 Å². The van der Waals surface area contributed by atoms with Gasteiger partial charge in [-0.3, -0.25) is 0 Å². The van der Waals surface area contributed by atoms with Crippen molar-refractivity contribution in [2.45, 2.75) is 47.1 Å². The van der Waals surface area contributed by atoms with Gasteiger partial charge in [-0.2, -0.15) is 0 Å². The van der Waals surface area contributed by atoms with E-state index in [-0.39, 0.29) is 5.97 Å². The minimum atomic E-state index is -0.931. The van der Waals surface area contributed by atoms with E-state index in [4.69, 9.17) is 19.7 Å². The molecule has 0 bridgehead atoms. The van der Waals surface area contributed by atoms with Gasteiger partial charge < -0.3 is 19.7 Å². The Morgan fingerprint density at radius 3 is 1.39 bits per heavy atom. The lowest BCUT2D eigenvalue weighted by Crippen LogP contribution is -2.32. The van der Waals surface area contributed by atoms with Gasteiger partial charge in [-0.25, -0.2) is 4.79 Å². The maximum Gasteiger partial charge on any atom is 0.340 e. The number of benzene rings is 3. The Morgan fingerprint density at radius 2 is 0.939 bits per heavy atom. The van der Waals surface area contributed by atoms with Crippen LogP contribution in [0.15, 0.2) is 72.8 Å². The fourth-order valence-electron chi connectivity index (χ4n) is 3.57. The van der Waals surface area contributed by atoms with Crippen molar-refractivity contribution in [2.24, 2.45) is 0 Å². The van der Waals surface area contributed by atoms with Gasteiger partial charge in [0.05, 0.1) is 5.56 Å². The summed E-state index contributed by atoms with van der Waals surface area (Å²) < 4.78 is 12.0. The Labute approximate surface area is 198 Å². The minimum Gasteiger partial charge on any atom is -0.456 e. The van der Waals surface area contributed by atoms with Crippen LogP contribution in [0, 0.1) is 0 Å². The summed E-state index contributed by atoms with van der Waals surface area (Å²) in [5, 5.41) is 14.0. The van der Waals surface area contributed by atoms with Gasteiger partial charge in [0, 0.05) is 30.9 Å². The molecule has 33 heavy (non-hydrogen) atoms. The first kappa shape index (κ1) is 29.9. The first-order valence-electron chi connectivity index (χ1n) is 11.4. The minimum absolute atomic E-state index is 0.299. The van der Waals surface area contributed by atoms with Crippen molar-refractivity contribution >= 4 is 5.97 Å². The highest BCUT2D eigenvalue weighted by atomic mass is 16.6. The Bertz CT molecular complexity index is 920. The fraction of sp³-hybridized carbons (Fsp3) is 0.321. The zero-order valence-corrected chi connectivity index (χ0v) is 21.0. The molecule has 2 heterocycles. The van der Waals surface area contributed by atoms with E-state index in [1.165, 1.54) is 0 Å². The van der Waals surface area contributed by atoms with E-state index >= 15 is 0 Å². The standard InChI is InChI=1S/C20H12O3.3C2H6.2CH4O/c21-19-13-7-1-2-8-14(13)20(23-19)15-9-3-5-11-17(15)22-18-12-6-4-10-16(18)20;5*1-2/h1-12H;3*1-2H3;2*2H,1H3. The summed E-state index contributed by atoms with van der Waals surface area (Å²) in [6.07, 6.45) is 0. The summed E-state index contributed by atoms with van der Waals surface area (Å²) in [7, 11) is 2.00. The highest BCUT2D eigenvalue weighted by molar-refractivity contribution is 5.97. The van der Waals surface area contributed by atoms with Crippen LogP contribution in [0.3, 0.4) is 0 Å². The van der Waals surface area contributed by atoms with Crippen LogP contribution >= 0.6 is 0 Å². The number of esters is 1. The maximum absolute atomic E-state index is 12.5. The smallest absolute Gasteiger partial charge is 0.340 e. The molecule has 0 amide bonds. The van der Waals surface area contributed by atoms with Crippen molar-refractivity contribution in [1.29, 1.82) is 0 Å². The molecule has 180 valence electrons. The number of fused-ring (bicyclic) bond motifs is 6. The SMILES string of the molecule is CC.CC.CC.CO.CO.O=C1OC2(c3ccccc3Oc3ccccc32)c2ccccc21. The number of hydrogen-bond donors (Lipinski definition) is 2. The number of rotatable bonds is 0. The van der Waals surface area contributed by atoms with E-state index in [1.807, 2.05) is 114 Å². The van der Waals surface area contributed by atoms with Gasteiger partial charge in [0.1, 0.15) is 11.5 Å². The second kappa shape index (κ2) is 15.6. The number of aliphatic hydroxyl groups is 2. The number of carbonyl (C=O) groups excluding carboxylic acids is 1. The predicted molar refractivity (Wildman–Crippen MR) is 135 cm³/mol. The Balaban J connectivity index is 0.000000916. The molecule has 0 atom stereocenters. The number of aliphatic hydroxyl groups excluding tert-OH is 2. The zero-order valence-electron chi connectivity index (χ0n) is 21.0. The van der Waals surface area contributed by atoms with E-state index in [1.54, 1.807) is 0 Å². The molecule has 1 spiro atoms. The zero-order chi connectivity index (χ0) is 25.4. The van der Waals surface area contributed by atoms with Gasteiger partial charge in [0.25, 0.3) is 0 Å². The quantitative estimate of drug-likeness (QED) is 0.377. The molecular formula is C28H38O5. The van der Waals surface area contributed by atoms with Crippen LogP contribution < -0.4 is 4.74 Å². The fourth-order valence-corrected chi connectivity index (χ4v) is 3.57. The summed E-state index contributed by atoms with van der Waals surface area (Å²) in [6, 6.07) is 23.0. The Kier molecular flexibility index (Phi) is 14.1. The Morgan fingerprint density at radius 1 is 0.576 bits per heavy atom. The molecule has 2 aliphatic rings. The largest absolute Gasteiger partial charge is 0.456 e. The number of ether oxygens (including phenoxy) is 2. The van der Waals surface area contributed by atoms with E-state index in [9.17, 15) is 4.79 Å². The van der Waals surface area contributed by atoms with Crippen LogP contribution in [0.4, 0.5) is 0 Å². The number of hydrogen-bond acceptors (Lipinski definition) is 5. The number of carbonyl (C=O) groups is 1. The summed E-state index contributed by atoms with van der Waals surface area (Å²) >= 11 is 0. The highest BCUT2D eigenvalue weighted by Gasteiger charge is 2.53. The van der Waals surface area contributed by atoms with Crippen LogP contribution in [0.25, 0.3) is 0 Å². The van der Waals surface area contributed by atoms with Crippen LogP contribution in [-0.4, -0.2) is 30.4 Å². The first-order valence-corrected chi connectivity index (χ1v) is 11.4. The third kappa shape index (κ3) is 5.62. The predicted octanol–water partition coefficient (Wildman–Crippen LogP) is 6.55. The average molecular weight is 455 g/mol. The lowest BCUT2D eigenvalue weighted by molar-refractivity contribution is 0.0224. The van der Waals surface area contributed by atoms with Crippen molar-refractivity contribution < 1.29 is 24.5 Å². The highest BCUT2D eigenvalue weighted by Crippen LogP contribution is 2.55. The molecule has 0 aliphatic carbocycles. The van der Waals surface area contributed by atoms with Crippen molar-refractivity contribution in [3.05, 3.63) is 95.1 Å². The van der Waals surface area contributed by atoms with Crippen molar-refractivity contribution in [2.75, 3.05) is 14.2 Å². The van der Waals surface area contributed by atoms with Crippen molar-refractivity contribution in [1.82, 2.24) is 0 Å². The van der Waals surface area contributed by atoms with Gasteiger partial charge in [0.15, 0.2) is 5.60 Å². The molecule has 0 aromatic heterocycles. The topological polar surface area (TPSA) is 76.0 Å². The van der Waals surface area contributed by atoms with Gasteiger partial charge in [-0.15, -0.1) is 0 Å². The van der Waals surface area contributed by atoms with Gasteiger partial charge >= 0.3 is 5.97 Å². The van der Waals surface area contributed by atoms with Crippen molar-refractivity contribution in [3.8, 4) is 11.5 Å². The van der Waals surface area contributed by atoms with E-state index in [0.717, 1.165) is 42.4 Å². The lowest BCUT2D eigenvalue weighted by atomic mass is 9.78. The molecule has 5 nitrogen and oxygen atoms in total. The molecule has 5 heteroatoms. The Hall–Kier alpha value is -3.15. The molecule has 0 saturated carbocycles. The second-order valence-electron chi connectivity index (χ2n) is 5.71. The molecule has 2 aliphatic heterocycles. The monoisotopic (exact) mass is 454 g/mol. The summed E-state index contributed by atoms with van der Waals surface area (Å²) in [5.41, 5.74) is 2.26. The van der Waals surface area contributed by atoms with Crippen LogP contribution in [-0.2, 0) is 10.3 Å².